The first-order valence-electron chi connectivity index (χ1n) is 8.85. The van der Waals surface area contributed by atoms with Crippen LogP contribution in [0.1, 0.15) is 22.5 Å². The number of hydrogen-bond donors (Lipinski definition) is 3. The van der Waals surface area contributed by atoms with Gasteiger partial charge in [-0.15, -0.1) is 0 Å². The van der Waals surface area contributed by atoms with Crippen molar-refractivity contribution >= 4 is 5.91 Å². The molecule has 1 aromatic heterocycles. The molecule has 1 heterocycles. The fourth-order valence-corrected chi connectivity index (χ4v) is 3.22. The number of nitrogens with zero attached hydrogens (tertiary/aromatic N) is 1. The number of aliphatic hydroxyl groups excluding tert-OH is 2. The molecule has 1 fully saturated rings. The molecule has 7 heteroatoms. The summed E-state index contributed by atoms with van der Waals surface area (Å²) in [7, 11) is 1.56. The highest BCUT2D eigenvalue weighted by molar-refractivity contribution is 5.94. The van der Waals surface area contributed by atoms with Crippen LogP contribution < -0.4 is 14.8 Å². The lowest BCUT2D eigenvalue weighted by Crippen LogP contribution is -2.43. The molecule has 3 N–H and O–H groups in total. The number of aryl methyl sites for hydroxylation is 1. The largest absolute Gasteiger partial charge is 0.497 e. The van der Waals surface area contributed by atoms with Gasteiger partial charge in [0.05, 0.1) is 25.9 Å². The molecule has 1 aliphatic carbocycles. The summed E-state index contributed by atoms with van der Waals surface area (Å²) < 4.78 is 10.7. The number of pyridine rings is 1. The number of benzene rings is 1. The van der Waals surface area contributed by atoms with E-state index >= 15 is 0 Å². The fourth-order valence-electron chi connectivity index (χ4n) is 3.22. The fraction of sp³-hybridized carbons (Fsp3) is 0.400. The van der Waals surface area contributed by atoms with Gasteiger partial charge in [0.25, 0.3) is 5.91 Å². The smallest absolute Gasteiger partial charge is 0.251 e. The van der Waals surface area contributed by atoms with Crippen molar-refractivity contribution in [3.8, 4) is 11.6 Å². The zero-order valence-electron chi connectivity index (χ0n) is 15.3. The molecule has 27 heavy (non-hydrogen) atoms. The molecule has 144 valence electrons. The highest BCUT2D eigenvalue weighted by Gasteiger charge is 2.42. The molecule has 0 saturated heterocycles. The molecule has 2 aromatic rings. The van der Waals surface area contributed by atoms with E-state index < -0.39 is 18.2 Å². The molecule has 0 bridgehead atoms. The quantitative estimate of drug-likeness (QED) is 0.707. The second-order valence-electron chi connectivity index (χ2n) is 6.71. The van der Waals surface area contributed by atoms with Crippen LogP contribution in [0.2, 0.25) is 0 Å². The number of carbonyl (C=O) groups is 1. The number of rotatable bonds is 6. The van der Waals surface area contributed by atoms with Crippen molar-refractivity contribution in [2.75, 3.05) is 13.7 Å². The van der Waals surface area contributed by atoms with Crippen molar-refractivity contribution in [2.45, 2.75) is 31.6 Å². The lowest BCUT2D eigenvalue weighted by Gasteiger charge is -2.18. The lowest BCUT2D eigenvalue weighted by atomic mass is 10.1. The number of carbonyl (C=O) groups excluding carboxylic acids is 1. The van der Waals surface area contributed by atoms with Crippen molar-refractivity contribution in [1.82, 2.24) is 10.3 Å². The second-order valence-corrected chi connectivity index (χ2v) is 6.71. The van der Waals surface area contributed by atoms with E-state index in [4.69, 9.17) is 9.47 Å². The Morgan fingerprint density at radius 3 is 2.59 bits per heavy atom. The Labute approximate surface area is 158 Å². The topological polar surface area (TPSA) is 101 Å². The molecule has 1 amide bonds. The predicted octanol–water partition coefficient (Wildman–Crippen LogP) is 1.32. The summed E-state index contributed by atoms with van der Waals surface area (Å²) in [5.74, 6) is 0.520. The normalized spacial score (nSPS) is 24.4. The van der Waals surface area contributed by atoms with Crippen LogP contribution in [0.3, 0.4) is 0 Å². The van der Waals surface area contributed by atoms with Gasteiger partial charge >= 0.3 is 0 Å². The summed E-state index contributed by atoms with van der Waals surface area (Å²) in [5, 5.41) is 23.4. The number of aliphatic hydroxyl groups is 2. The molecule has 1 aromatic carbocycles. The summed E-state index contributed by atoms with van der Waals surface area (Å²) in [4.78, 5) is 16.6. The van der Waals surface area contributed by atoms with Crippen LogP contribution in [0.4, 0.5) is 0 Å². The van der Waals surface area contributed by atoms with Crippen LogP contribution in [0.25, 0.3) is 0 Å². The molecule has 3 rings (SSSR count). The van der Waals surface area contributed by atoms with Crippen molar-refractivity contribution in [3.63, 3.8) is 0 Å². The van der Waals surface area contributed by atoms with Crippen LogP contribution in [-0.4, -0.2) is 53.1 Å². The van der Waals surface area contributed by atoms with Gasteiger partial charge in [-0.3, -0.25) is 4.79 Å². The maximum atomic E-state index is 12.4. The summed E-state index contributed by atoms with van der Waals surface area (Å²) in [6.07, 6.45) is -1.61. The Kier molecular flexibility index (Phi) is 5.93. The van der Waals surface area contributed by atoms with Crippen LogP contribution >= 0.6 is 0 Å². The van der Waals surface area contributed by atoms with E-state index in [1.807, 2.05) is 19.1 Å². The first-order valence-corrected chi connectivity index (χ1v) is 8.85. The van der Waals surface area contributed by atoms with E-state index in [-0.39, 0.29) is 18.4 Å². The van der Waals surface area contributed by atoms with E-state index in [9.17, 15) is 15.0 Å². The minimum absolute atomic E-state index is 0.212. The van der Waals surface area contributed by atoms with E-state index in [0.29, 0.717) is 23.6 Å². The summed E-state index contributed by atoms with van der Waals surface area (Å²) in [6.45, 7) is 2.08. The molecule has 1 saturated carbocycles. The van der Waals surface area contributed by atoms with Gasteiger partial charge in [0.15, 0.2) is 0 Å². The number of aromatic nitrogens is 1. The van der Waals surface area contributed by atoms with Gasteiger partial charge < -0.3 is 25.0 Å². The molecule has 0 aliphatic heterocycles. The van der Waals surface area contributed by atoms with Crippen LogP contribution in [0.5, 0.6) is 11.6 Å². The Morgan fingerprint density at radius 2 is 1.93 bits per heavy atom. The molecular weight excluding hydrogens is 348 g/mol. The van der Waals surface area contributed by atoms with E-state index in [1.54, 1.807) is 37.4 Å². The van der Waals surface area contributed by atoms with Crippen molar-refractivity contribution in [1.29, 1.82) is 0 Å². The van der Waals surface area contributed by atoms with E-state index in [0.717, 1.165) is 5.69 Å². The first-order chi connectivity index (χ1) is 13.0. The SMILES string of the molecule is COc1ccc(C(=O)NC2CC(COc3cccc(C)n3)C(O)C2O)cc1. The Balaban J connectivity index is 1.57. The molecule has 7 nitrogen and oxygen atoms in total. The summed E-state index contributed by atoms with van der Waals surface area (Å²) in [6, 6.07) is 11.6. The zero-order valence-corrected chi connectivity index (χ0v) is 15.3. The zero-order chi connectivity index (χ0) is 19.4. The molecular formula is C20H24N2O5. The Morgan fingerprint density at radius 1 is 1.19 bits per heavy atom. The second kappa shape index (κ2) is 8.37. The predicted molar refractivity (Wildman–Crippen MR) is 98.8 cm³/mol. The minimum atomic E-state index is -1.05. The maximum Gasteiger partial charge on any atom is 0.251 e. The lowest BCUT2D eigenvalue weighted by molar-refractivity contribution is 0.00217. The monoisotopic (exact) mass is 372 g/mol. The van der Waals surface area contributed by atoms with Gasteiger partial charge in [-0.2, -0.15) is 0 Å². The number of hydrogen-bond acceptors (Lipinski definition) is 6. The molecule has 0 radical (unpaired) electrons. The average Bonchev–Trinajstić information content (AvgIpc) is 2.94. The highest BCUT2D eigenvalue weighted by atomic mass is 16.5. The van der Waals surface area contributed by atoms with Gasteiger partial charge in [-0.1, -0.05) is 6.07 Å². The van der Waals surface area contributed by atoms with Crippen LogP contribution in [0.15, 0.2) is 42.5 Å². The van der Waals surface area contributed by atoms with Crippen molar-refractivity contribution < 1.29 is 24.5 Å². The third-order valence-corrected chi connectivity index (χ3v) is 4.78. The van der Waals surface area contributed by atoms with E-state index in [1.165, 1.54) is 0 Å². The molecule has 1 aliphatic rings. The van der Waals surface area contributed by atoms with Gasteiger partial charge in [0.1, 0.15) is 11.9 Å². The van der Waals surface area contributed by atoms with Crippen molar-refractivity contribution in [2.24, 2.45) is 5.92 Å². The number of methoxy groups -OCH3 is 1. The molecule has 4 atom stereocenters. The molecule has 0 spiro atoms. The van der Waals surface area contributed by atoms with E-state index in [2.05, 4.69) is 10.3 Å². The highest BCUT2D eigenvalue weighted by Crippen LogP contribution is 2.28. The van der Waals surface area contributed by atoms with Gasteiger partial charge in [-0.25, -0.2) is 4.98 Å². The number of ether oxygens (including phenoxy) is 2. The Bertz CT molecular complexity index is 780. The Hall–Kier alpha value is -2.64. The average molecular weight is 372 g/mol. The third kappa shape index (κ3) is 4.56. The summed E-state index contributed by atoms with van der Waals surface area (Å²) in [5.41, 5.74) is 1.30. The number of nitrogens with one attached hydrogen (secondary N) is 1. The summed E-state index contributed by atoms with van der Waals surface area (Å²) >= 11 is 0. The molecule has 4 unspecified atom stereocenters. The van der Waals surface area contributed by atoms with Crippen molar-refractivity contribution in [3.05, 3.63) is 53.7 Å². The van der Waals surface area contributed by atoms with Gasteiger partial charge in [0.2, 0.25) is 5.88 Å². The maximum absolute atomic E-state index is 12.4. The number of amides is 1. The van der Waals surface area contributed by atoms with Crippen LogP contribution in [-0.2, 0) is 0 Å². The standard InChI is InChI=1S/C20H24N2O5/c1-12-4-3-5-17(21-12)27-11-14-10-16(19(24)18(14)23)22-20(25)13-6-8-15(26-2)9-7-13/h3-9,14,16,18-19,23-24H,10-11H2,1-2H3,(H,22,25). The third-order valence-electron chi connectivity index (χ3n) is 4.78. The minimum Gasteiger partial charge on any atom is -0.497 e. The first kappa shape index (κ1) is 19.1. The van der Waals surface area contributed by atoms with Crippen LogP contribution in [0, 0.1) is 12.8 Å². The van der Waals surface area contributed by atoms with Gasteiger partial charge in [-0.05, 0) is 43.7 Å². The van der Waals surface area contributed by atoms with Gasteiger partial charge in [0, 0.05) is 23.2 Å².